The highest BCUT2D eigenvalue weighted by Crippen LogP contribution is 2.11. The Balaban J connectivity index is 4.17. The maximum Gasteiger partial charge on any atom is 0.328 e. The van der Waals surface area contributed by atoms with Gasteiger partial charge in [0.15, 0.2) is 0 Å². The Hall–Kier alpha value is -2.67. The molecule has 0 saturated carbocycles. The van der Waals surface area contributed by atoms with Crippen molar-refractivity contribution in [3.05, 3.63) is 48.6 Å². The maximum atomic E-state index is 12.9. The molecule has 0 heterocycles. The molecule has 0 saturated heterocycles. The second-order valence-corrected chi connectivity index (χ2v) is 15.1. The maximum absolute atomic E-state index is 12.9. The third-order valence-corrected chi connectivity index (χ3v) is 9.46. The van der Waals surface area contributed by atoms with E-state index in [0.717, 1.165) is 70.8 Å². The molecule has 0 aliphatic rings. The zero-order valence-electron chi connectivity index (χ0n) is 35.6. The topological polar surface area (TPSA) is 84.9 Å². The zero-order valence-corrected chi connectivity index (χ0v) is 35.6. The summed E-state index contributed by atoms with van der Waals surface area (Å²) in [5, 5.41) is 2.82. The number of unbranched alkanes of at least 4 members (excludes halogenated alkanes) is 18. The standard InChI is InChI=1S/C47H84N2O5/c1-5-7-9-11-13-15-17-19-21-23-25-27-29-31-33-35-42-53-46(51)40-39-44(48-45(50)38-37-41-49(3)4)47(52)54-43-36-34-32-30-28-26-24-22-20-18-16-14-12-10-8-6-2/h13-16,19-22,44H,5-12,17-18,23-43H2,1-4H3,(H,48,50)/b15-13-,16-14-,21-19-,22-20-/t44-/m0/s1. The summed E-state index contributed by atoms with van der Waals surface area (Å²) < 4.78 is 11.0. The molecule has 0 bridgehead atoms. The number of carbonyl (C=O) groups excluding carboxylic acids is 3. The summed E-state index contributed by atoms with van der Waals surface area (Å²) in [6.07, 6.45) is 47.3. The molecule has 1 N–H and O–H groups in total. The molecule has 7 heteroatoms. The third kappa shape index (κ3) is 39.0. The highest BCUT2D eigenvalue weighted by molar-refractivity contribution is 5.85. The van der Waals surface area contributed by atoms with Crippen LogP contribution in [0.4, 0.5) is 0 Å². The van der Waals surface area contributed by atoms with Crippen LogP contribution >= 0.6 is 0 Å². The van der Waals surface area contributed by atoms with Crippen molar-refractivity contribution in [2.24, 2.45) is 0 Å². The second kappa shape index (κ2) is 41.5. The largest absolute Gasteiger partial charge is 0.466 e. The van der Waals surface area contributed by atoms with Crippen molar-refractivity contribution in [1.82, 2.24) is 10.2 Å². The summed E-state index contributed by atoms with van der Waals surface area (Å²) in [4.78, 5) is 40.0. The first-order valence-corrected chi connectivity index (χ1v) is 22.3. The fourth-order valence-corrected chi connectivity index (χ4v) is 6.05. The van der Waals surface area contributed by atoms with Crippen LogP contribution in [0, 0.1) is 0 Å². The fourth-order valence-electron chi connectivity index (χ4n) is 6.05. The van der Waals surface area contributed by atoms with Crippen LogP contribution in [0.1, 0.15) is 194 Å². The Kier molecular flexibility index (Phi) is 39.4. The van der Waals surface area contributed by atoms with Crippen molar-refractivity contribution >= 4 is 17.8 Å². The number of hydrogen-bond acceptors (Lipinski definition) is 6. The first-order chi connectivity index (χ1) is 26.4. The van der Waals surface area contributed by atoms with E-state index in [2.05, 4.69) is 67.8 Å². The summed E-state index contributed by atoms with van der Waals surface area (Å²) in [7, 11) is 3.93. The van der Waals surface area contributed by atoms with E-state index >= 15 is 0 Å². The van der Waals surface area contributed by atoms with Gasteiger partial charge in [-0.15, -0.1) is 0 Å². The van der Waals surface area contributed by atoms with E-state index in [1.807, 2.05) is 19.0 Å². The van der Waals surface area contributed by atoms with Crippen LogP contribution in [-0.2, 0) is 23.9 Å². The molecule has 312 valence electrons. The number of ether oxygens (including phenoxy) is 2. The van der Waals surface area contributed by atoms with Gasteiger partial charge in [-0.25, -0.2) is 4.79 Å². The summed E-state index contributed by atoms with van der Waals surface area (Å²) in [6, 6.07) is -0.837. The lowest BCUT2D eigenvalue weighted by Gasteiger charge is -2.18. The van der Waals surface area contributed by atoms with E-state index in [1.54, 1.807) is 0 Å². The van der Waals surface area contributed by atoms with Crippen molar-refractivity contribution in [2.45, 2.75) is 200 Å². The van der Waals surface area contributed by atoms with Crippen LogP contribution in [0.15, 0.2) is 48.6 Å². The minimum Gasteiger partial charge on any atom is -0.466 e. The summed E-state index contributed by atoms with van der Waals surface area (Å²) >= 11 is 0. The fraction of sp³-hybridized carbons (Fsp3) is 0.766. The molecule has 54 heavy (non-hydrogen) atoms. The Morgan fingerprint density at radius 3 is 1.41 bits per heavy atom. The van der Waals surface area contributed by atoms with E-state index in [0.29, 0.717) is 26.1 Å². The Morgan fingerprint density at radius 1 is 0.519 bits per heavy atom. The molecule has 0 aliphatic heterocycles. The molecule has 0 aliphatic carbocycles. The van der Waals surface area contributed by atoms with Crippen molar-refractivity contribution in [3.63, 3.8) is 0 Å². The molecule has 0 fully saturated rings. The Labute approximate surface area is 333 Å². The number of nitrogens with zero attached hydrogens (tertiary/aromatic N) is 1. The first-order valence-electron chi connectivity index (χ1n) is 22.3. The van der Waals surface area contributed by atoms with Gasteiger partial charge in [-0.05, 0) is 111 Å². The van der Waals surface area contributed by atoms with Gasteiger partial charge in [0.2, 0.25) is 5.91 Å². The van der Waals surface area contributed by atoms with Crippen molar-refractivity contribution in [1.29, 1.82) is 0 Å². The summed E-state index contributed by atoms with van der Waals surface area (Å²) in [5.74, 6) is -0.985. The van der Waals surface area contributed by atoms with Crippen LogP contribution in [0.5, 0.6) is 0 Å². The van der Waals surface area contributed by atoms with Gasteiger partial charge in [0.1, 0.15) is 6.04 Å². The summed E-state index contributed by atoms with van der Waals surface area (Å²) in [5.41, 5.74) is 0. The van der Waals surface area contributed by atoms with Gasteiger partial charge in [-0.3, -0.25) is 9.59 Å². The van der Waals surface area contributed by atoms with Crippen LogP contribution in [-0.4, -0.2) is 62.6 Å². The van der Waals surface area contributed by atoms with Gasteiger partial charge in [-0.1, -0.05) is 140 Å². The monoisotopic (exact) mass is 757 g/mol. The first kappa shape index (κ1) is 51.3. The quantitative estimate of drug-likeness (QED) is 0.0382. The van der Waals surface area contributed by atoms with Crippen molar-refractivity contribution < 1.29 is 23.9 Å². The molecule has 1 amide bonds. The molecule has 0 spiro atoms. The molecular weight excluding hydrogens is 673 g/mol. The van der Waals surface area contributed by atoms with Gasteiger partial charge in [0.05, 0.1) is 13.2 Å². The minimum absolute atomic E-state index is 0.0743. The Bertz CT molecular complexity index is 987. The molecule has 1 atom stereocenters. The minimum atomic E-state index is -0.837. The number of amides is 1. The van der Waals surface area contributed by atoms with Gasteiger partial charge < -0.3 is 19.7 Å². The lowest BCUT2D eigenvalue weighted by Crippen LogP contribution is -2.42. The second-order valence-electron chi connectivity index (χ2n) is 15.1. The molecule has 0 aromatic rings. The van der Waals surface area contributed by atoms with Crippen LogP contribution < -0.4 is 5.32 Å². The van der Waals surface area contributed by atoms with Crippen molar-refractivity contribution in [2.75, 3.05) is 33.9 Å². The molecule has 0 unspecified atom stereocenters. The number of allylic oxidation sites excluding steroid dienone is 8. The average Bonchev–Trinajstić information content (AvgIpc) is 3.15. The zero-order chi connectivity index (χ0) is 39.6. The summed E-state index contributed by atoms with van der Waals surface area (Å²) in [6.45, 7) is 6.00. The smallest absolute Gasteiger partial charge is 0.328 e. The number of nitrogens with one attached hydrogen (secondary N) is 1. The lowest BCUT2D eigenvalue weighted by atomic mass is 10.1. The van der Waals surface area contributed by atoms with Gasteiger partial charge in [0.25, 0.3) is 0 Å². The van der Waals surface area contributed by atoms with Crippen molar-refractivity contribution in [3.8, 4) is 0 Å². The van der Waals surface area contributed by atoms with Gasteiger partial charge in [-0.2, -0.15) is 0 Å². The normalized spacial score (nSPS) is 12.5. The van der Waals surface area contributed by atoms with E-state index in [-0.39, 0.29) is 24.7 Å². The molecule has 0 radical (unpaired) electrons. The molecule has 7 nitrogen and oxygen atoms in total. The van der Waals surface area contributed by atoms with Crippen LogP contribution in [0.3, 0.4) is 0 Å². The number of rotatable bonds is 39. The van der Waals surface area contributed by atoms with E-state index in [4.69, 9.17) is 9.47 Å². The highest BCUT2D eigenvalue weighted by Gasteiger charge is 2.23. The SMILES string of the molecule is CCCCC/C=C\C/C=C\CCCCCCCCOC(=O)CC[C@H](NC(=O)CCCN(C)C)C(=O)OCCCCCCCC/C=C\C/C=C\CCCCC. The third-order valence-electron chi connectivity index (χ3n) is 9.46. The average molecular weight is 757 g/mol. The predicted molar refractivity (Wildman–Crippen MR) is 230 cm³/mol. The number of esters is 2. The van der Waals surface area contributed by atoms with E-state index in [9.17, 15) is 14.4 Å². The predicted octanol–water partition coefficient (Wildman–Crippen LogP) is 12.3. The molecular formula is C47H84N2O5. The Morgan fingerprint density at radius 2 is 0.944 bits per heavy atom. The number of hydrogen-bond donors (Lipinski definition) is 1. The lowest BCUT2D eigenvalue weighted by molar-refractivity contribution is -0.149. The molecule has 0 aromatic carbocycles. The van der Waals surface area contributed by atoms with E-state index in [1.165, 1.54) is 89.9 Å². The van der Waals surface area contributed by atoms with Crippen LogP contribution in [0.25, 0.3) is 0 Å². The molecule has 0 rings (SSSR count). The molecule has 0 aromatic heterocycles. The highest BCUT2D eigenvalue weighted by atomic mass is 16.5. The van der Waals surface area contributed by atoms with Gasteiger partial charge in [0, 0.05) is 12.8 Å². The van der Waals surface area contributed by atoms with E-state index < -0.39 is 12.0 Å². The van der Waals surface area contributed by atoms with Gasteiger partial charge >= 0.3 is 11.9 Å². The van der Waals surface area contributed by atoms with Crippen LogP contribution in [0.2, 0.25) is 0 Å². The number of carbonyl (C=O) groups is 3.